The van der Waals surface area contributed by atoms with Gasteiger partial charge in [0.15, 0.2) is 5.75 Å². The number of halogens is 1. The molecule has 0 aliphatic carbocycles. The first-order valence-corrected chi connectivity index (χ1v) is 13.7. The number of phenols is 1. The summed E-state index contributed by atoms with van der Waals surface area (Å²) < 4.78 is 22.4. The predicted molar refractivity (Wildman–Crippen MR) is 134 cm³/mol. The molecule has 0 saturated carbocycles. The largest absolute Gasteiger partial charge is 0.504 e. The second kappa shape index (κ2) is 9.08. The Morgan fingerprint density at radius 3 is 2.58 bits per heavy atom. The van der Waals surface area contributed by atoms with E-state index in [9.17, 15) is 18.9 Å². The molecule has 1 aliphatic rings. The van der Waals surface area contributed by atoms with Crippen molar-refractivity contribution in [3.8, 4) is 5.75 Å². The van der Waals surface area contributed by atoms with Gasteiger partial charge in [0.2, 0.25) is 0 Å². The van der Waals surface area contributed by atoms with Crippen LogP contribution in [0.15, 0.2) is 47.5 Å². The van der Waals surface area contributed by atoms with Gasteiger partial charge in [-0.05, 0) is 49.8 Å². The van der Waals surface area contributed by atoms with Gasteiger partial charge in [-0.3, -0.25) is 9.59 Å². The zero-order valence-electron chi connectivity index (χ0n) is 18.3. The lowest BCUT2D eigenvalue weighted by Gasteiger charge is -2.25. The number of hydrogen-bond acceptors (Lipinski definition) is 9. The maximum Gasteiger partial charge on any atom is 0.253 e. The molecule has 0 bridgehead atoms. The molecule has 3 atom stereocenters. The van der Waals surface area contributed by atoms with Crippen LogP contribution in [0.25, 0.3) is 0 Å². The molecular weight excluding hydrogens is 486 g/mol. The van der Waals surface area contributed by atoms with E-state index in [1.165, 1.54) is 25.4 Å². The van der Waals surface area contributed by atoms with Crippen molar-refractivity contribution in [1.82, 2.24) is 0 Å². The summed E-state index contributed by atoms with van der Waals surface area (Å²) in [4.78, 5) is 24.9. The van der Waals surface area contributed by atoms with Gasteiger partial charge in [0.05, 0.1) is 26.5 Å². The van der Waals surface area contributed by atoms with E-state index in [4.69, 9.17) is 16.0 Å². The second-order valence-electron chi connectivity index (χ2n) is 7.91. The highest BCUT2D eigenvalue weighted by Gasteiger charge is 2.33. The lowest BCUT2D eigenvalue weighted by atomic mass is 10.0. The Morgan fingerprint density at radius 2 is 1.97 bits per heavy atom. The topological polar surface area (TPSA) is 121 Å². The van der Waals surface area contributed by atoms with E-state index in [2.05, 4.69) is 15.0 Å². The average Bonchev–Trinajstić information content (AvgIpc) is 3.46. The van der Waals surface area contributed by atoms with E-state index < -0.39 is 20.6 Å². The Labute approximate surface area is 200 Å². The van der Waals surface area contributed by atoms with Crippen LogP contribution in [0.5, 0.6) is 5.75 Å². The van der Waals surface area contributed by atoms with Crippen LogP contribution in [0.1, 0.15) is 30.4 Å². The summed E-state index contributed by atoms with van der Waals surface area (Å²) in [6, 6.07) is 6.34. The molecule has 3 N–H and O–H groups in total. The Kier molecular flexibility index (Phi) is 6.52. The fraction of sp³-hybridized carbons (Fsp3) is 0.364. The first-order chi connectivity index (χ1) is 15.6. The summed E-state index contributed by atoms with van der Waals surface area (Å²) in [6.07, 6.45) is 3.37. The van der Waals surface area contributed by atoms with Gasteiger partial charge in [0.25, 0.3) is 10.9 Å². The van der Waals surface area contributed by atoms with Gasteiger partial charge in [0, 0.05) is 18.6 Å². The van der Waals surface area contributed by atoms with Crippen LogP contribution in [0, 0.1) is 6.92 Å². The highest BCUT2D eigenvalue weighted by molar-refractivity contribution is 8.00. The fourth-order valence-corrected chi connectivity index (χ4v) is 6.90. The SMILES string of the molecule is CN=S(C)(=O)c1c(Cl)ccc(Nc2c(N[C@@H](c3ccc(C)o3)[C@H]3CCCS3)c(=O)c2=O)c1O. The van der Waals surface area contributed by atoms with E-state index in [1.54, 1.807) is 11.8 Å². The number of rotatable bonds is 7. The second-order valence-corrected chi connectivity index (χ2v) is 12.0. The number of anilines is 3. The zero-order valence-corrected chi connectivity index (χ0v) is 20.7. The van der Waals surface area contributed by atoms with Crippen molar-refractivity contribution in [2.24, 2.45) is 4.36 Å². The van der Waals surface area contributed by atoms with E-state index in [-0.39, 0.29) is 44.0 Å². The molecular formula is C22H24ClN3O5S2. The minimum Gasteiger partial charge on any atom is -0.504 e. The van der Waals surface area contributed by atoms with Crippen LogP contribution >= 0.6 is 23.4 Å². The number of thioether (sulfide) groups is 1. The molecule has 4 rings (SSSR count). The molecule has 1 aromatic heterocycles. The smallest absolute Gasteiger partial charge is 0.253 e. The first-order valence-electron chi connectivity index (χ1n) is 10.3. The number of aromatic hydroxyl groups is 1. The van der Waals surface area contributed by atoms with Crippen LogP contribution in [-0.4, -0.2) is 33.6 Å². The molecule has 1 fully saturated rings. The van der Waals surface area contributed by atoms with E-state index in [1.807, 2.05) is 19.1 Å². The first kappa shape index (κ1) is 23.7. The summed E-state index contributed by atoms with van der Waals surface area (Å²) in [5.41, 5.74) is -1.11. The molecule has 1 aliphatic heterocycles. The normalized spacial score (nSPS) is 18.7. The van der Waals surface area contributed by atoms with Crippen molar-refractivity contribution < 1.29 is 13.7 Å². The molecule has 0 radical (unpaired) electrons. The summed E-state index contributed by atoms with van der Waals surface area (Å²) in [5.74, 6) is 2.08. The van der Waals surface area contributed by atoms with E-state index in [0.29, 0.717) is 5.76 Å². The molecule has 1 saturated heterocycles. The molecule has 2 heterocycles. The van der Waals surface area contributed by atoms with Gasteiger partial charge in [-0.25, -0.2) is 8.57 Å². The van der Waals surface area contributed by atoms with Crippen LogP contribution in [-0.2, 0) is 9.73 Å². The molecule has 3 aromatic rings. The Bertz CT molecular complexity index is 1390. The van der Waals surface area contributed by atoms with Gasteiger partial charge in [-0.1, -0.05) is 11.6 Å². The standard InChI is InChI=1S/C22H24ClN3O5S2/c1-11-6-9-14(31-11)16(15-5-4-10-32-15)26-18-17(20(28)21(18)29)25-13-8-7-12(23)22(19(13)27)33(3,30)24-2/h6-9,15-16,25-27H,4-5,10H2,1-3H3/t15-,16+,33?/m1/s1. The number of nitrogens with zero attached hydrogens (tertiary/aromatic N) is 1. The van der Waals surface area contributed by atoms with Gasteiger partial charge in [-0.2, -0.15) is 11.8 Å². The number of aryl methyl sites for hydroxylation is 1. The third kappa shape index (κ3) is 4.39. The van der Waals surface area contributed by atoms with Crippen molar-refractivity contribution >= 4 is 50.2 Å². The third-order valence-corrected chi connectivity index (χ3v) is 9.44. The highest BCUT2D eigenvalue weighted by atomic mass is 35.5. The number of benzene rings is 1. The summed E-state index contributed by atoms with van der Waals surface area (Å²) in [7, 11) is -1.58. The molecule has 33 heavy (non-hydrogen) atoms. The zero-order chi connectivity index (χ0) is 23.9. The van der Waals surface area contributed by atoms with Gasteiger partial charge in [0.1, 0.15) is 27.8 Å². The third-order valence-electron chi connectivity index (χ3n) is 5.68. The minimum atomic E-state index is -2.95. The van der Waals surface area contributed by atoms with Gasteiger partial charge >= 0.3 is 0 Å². The van der Waals surface area contributed by atoms with Crippen molar-refractivity contribution in [2.45, 2.75) is 36.0 Å². The van der Waals surface area contributed by atoms with E-state index >= 15 is 0 Å². The molecule has 1 unspecified atom stereocenters. The highest BCUT2D eigenvalue weighted by Crippen LogP contribution is 2.41. The predicted octanol–water partition coefficient (Wildman–Crippen LogP) is 4.42. The molecule has 0 amide bonds. The summed E-state index contributed by atoms with van der Waals surface area (Å²) in [5, 5.41) is 17.0. The van der Waals surface area contributed by atoms with Crippen molar-refractivity contribution in [2.75, 3.05) is 29.7 Å². The number of hydrogen-bond donors (Lipinski definition) is 3. The summed E-state index contributed by atoms with van der Waals surface area (Å²) in [6.45, 7) is 1.85. The number of furan rings is 1. The molecule has 11 heteroatoms. The Morgan fingerprint density at radius 1 is 1.24 bits per heavy atom. The van der Waals surface area contributed by atoms with Crippen LogP contribution < -0.4 is 21.5 Å². The Hall–Kier alpha value is -2.43. The average molecular weight is 510 g/mol. The summed E-state index contributed by atoms with van der Waals surface area (Å²) >= 11 is 7.95. The maximum absolute atomic E-state index is 12.8. The van der Waals surface area contributed by atoms with Crippen molar-refractivity contribution in [3.63, 3.8) is 0 Å². The molecule has 0 spiro atoms. The fourth-order valence-electron chi connectivity index (χ4n) is 3.87. The van der Waals surface area contributed by atoms with Crippen LogP contribution in [0.4, 0.5) is 17.1 Å². The maximum atomic E-state index is 12.8. The lowest BCUT2D eigenvalue weighted by Crippen LogP contribution is -2.38. The lowest BCUT2D eigenvalue weighted by molar-refractivity contribution is 0.449. The Balaban J connectivity index is 1.70. The molecule has 8 nitrogen and oxygen atoms in total. The molecule has 176 valence electrons. The van der Waals surface area contributed by atoms with Crippen LogP contribution in [0.2, 0.25) is 5.02 Å². The monoisotopic (exact) mass is 509 g/mol. The van der Waals surface area contributed by atoms with Crippen molar-refractivity contribution in [3.05, 3.63) is 61.3 Å². The van der Waals surface area contributed by atoms with Crippen LogP contribution in [0.3, 0.4) is 0 Å². The number of nitrogens with one attached hydrogen (secondary N) is 2. The quantitative estimate of drug-likeness (QED) is 0.316. The van der Waals surface area contributed by atoms with Gasteiger partial charge in [-0.15, -0.1) is 0 Å². The molecule has 2 aromatic carbocycles. The van der Waals surface area contributed by atoms with Crippen molar-refractivity contribution in [1.29, 1.82) is 0 Å². The van der Waals surface area contributed by atoms with E-state index in [0.717, 1.165) is 24.4 Å². The number of phenolic OH excluding ortho intramolecular Hbond substituents is 1. The van der Waals surface area contributed by atoms with Gasteiger partial charge < -0.3 is 20.2 Å². The minimum absolute atomic E-state index is 0.0240.